The predicted octanol–water partition coefficient (Wildman–Crippen LogP) is 2.96. The normalized spacial score (nSPS) is 25.7. The maximum atomic E-state index is 12.7. The fourth-order valence-electron chi connectivity index (χ4n) is 3.89. The zero-order valence-corrected chi connectivity index (χ0v) is 15.0. The molecular weight excluding hydrogens is 332 g/mol. The molecule has 2 fully saturated rings. The minimum atomic E-state index is -0.275. The molecule has 2 aromatic rings. The van der Waals surface area contributed by atoms with Gasteiger partial charge in [0.15, 0.2) is 0 Å². The fourth-order valence-corrected chi connectivity index (χ4v) is 3.89. The van der Waals surface area contributed by atoms with Gasteiger partial charge in [0.1, 0.15) is 6.10 Å². The molecule has 2 atom stereocenters. The van der Waals surface area contributed by atoms with E-state index in [2.05, 4.69) is 5.16 Å². The number of carbonyl (C=O) groups excluding carboxylic acids is 1. The van der Waals surface area contributed by atoms with Gasteiger partial charge in [-0.15, -0.1) is 0 Å². The van der Waals surface area contributed by atoms with E-state index in [1.54, 1.807) is 11.0 Å². The Bertz CT molecular complexity index is 752. The molecule has 2 aliphatic rings. The lowest BCUT2D eigenvalue weighted by molar-refractivity contribution is -0.153. The summed E-state index contributed by atoms with van der Waals surface area (Å²) in [6.07, 6.45) is 2.66. The van der Waals surface area contributed by atoms with Gasteiger partial charge in [-0.05, 0) is 31.7 Å². The van der Waals surface area contributed by atoms with E-state index in [1.807, 2.05) is 37.3 Å². The second-order valence-corrected chi connectivity index (χ2v) is 7.14. The Morgan fingerprint density at radius 2 is 2.19 bits per heavy atom. The van der Waals surface area contributed by atoms with Gasteiger partial charge in [-0.1, -0.05) is 35.5 Å². The molecule has 1 amide bonds. The molecule has 0 aliphatic carbocycles. The first kappa shape index (κ1) is 17.2. The number of benzene rings is 1. The van der Waals surface area contributed by atoms with E-state index in [4.69, 9.17) is 14.0 Å². The molecule has 1 aromatic heterocycles. The molecule has 138 valence electrons. The first-order valence-electron chi connectivity index (χ1n) is 9.18. The molecule has 6 heteroatoms. The standard InChI is InChI=1S/C20H24N2O4/c1-15-12-17(26-21-15)19(23)22-10-9-20(8-5-11-25-20)18(13-22)24-14-16-6-3-2-4-7-16/h2-4,6-7,12,18H,5,8-11,13-14H2,1H3/t18-,20-/m0/s1. The van der Waals surface area contributed by atoms with Crippen molar-refractivity contribution in [3.05, 3.63) is 53.4 Å². The van der Waals surface area contributed by atoms with Crippen LogP contribution in [0.1, 0.15) is 41.1 Å². The first-order chi connectivity index (χ1) is 12.7. The summed E-state index contributed by atoms with van der Waals surface area (Å²) in [5.41, 5.74) is 1.55. The van der Waals surface area contributed by atoms with Crippen molar-refractivity contribution in [2.75, 3.05) is 19.7 Å². The Kier molecular flexibility index (Phi) is 4.78. The molecule has 26 heavy (non-hydrogen) atoms. The van der Waals surface area contributed by atoms with E-state index in [0.717, 1.165) is 31.4 Å². The monoisotopic (exact) mass is 356 g/mol. The van der Waals surface area contributed by atoms with E-state index in [-0.39, 0.29) is 23.4 Å². The fraction of sp³-hybridized carbons (Fsp3) is 0.500. The van der Waals surface area contributed by atoms with Crippen molar-refractivity contribution in [2.45, 2.75) is 44.5 Å². The summed E-state index contributed by atoms with van der Waals surface area (Å²) < 4.78 is 17.5. The summed E-state index contributed by atoms with van der Waals surface area (Å²) in [6.45, 7) is 4.24. The number of rotatable bonds is 4. The largest absolute Gasteiger partial charge is 0.372 e. The van der Waals surface area contributed by atoms with Crippen LogP contribution in [0.3, 0.4) is 0 Å². The average Bonchev–Trinajstić information content (AvgIpc) is 3.31. The highest BCUT2D eigenvalue weighted by atomic mass is 16.6. The van der Waals surface area contributed by atoms with Crippen molar-refractivity contribution in [1.82, 2.24) is 10.1 Å². The van der Waals surface area contributed by atoms with Crippen LogP contribution >= 0.6 is 0 Å². The number of likely N-dealkylation sites (tertiary alicyclic amines) is 1. The van der Waals surface area contributed by atoms with Crippen LogP contribution in [0.2, 0.25) is 0 Å². The second kappa shape index (κ2) is 7.21. The number of amides is 1. The molecule has 1 spiro atoms. The minimum absolute atomic E-state index is 0.133. The van der Waals surface area contributed by atoms with Crippen molar-refractivity contribution in [1.29, 1.82) is 0 Å². The summed E-state index contributed by atoms with van der Waals surface area (Å²) >= 11 is 0. The third-order valence-electron chi connectivity index (χ3n) is 5.33. The number of ether oxygens (including phenoxy) is 2. The molecule has 0 saturated carbocycles. The molecule has 4 rings (SSSR count). The number of hydrogen-bond donors (Lipinski definition) is 0. The Morgan fingerprint density at radius 3 is 2.88 bits per heavy atom. The Hall–Kier alpha value is -2.18. The van der Waals surface area contributed by atoms with Gasteiger partial charge in [0, 0.05) is 19.2 Å². The Labute approximate surface area is 153 Å². The molecule has 6 nitrogen and oxygen atoms in total. The van der Waals surface area contributed by atoms with Gasteiger partial charge in [-0.3, -0.25) is 4.79 Å². The number of nitrogens with zero attached hydrogens (tertiary/aromatic N) is 2. The van der Waals surface area contributed by atoms with Crippen LogP contribution in [0, 0.1) is 6.92 Å². The SMILES string of the molecule is Cc1cc(C(=O)N2CC[C@@]3(CCCO3)[C@@H](OCc3ccccc3)C2)on1. The van der Waals surface area contributed by atoms with Crippen LogP contribution in [0.4, 0.5) is 0 Å². The number of hydrogen-bond acceptors (Lipinski definition) is 5. The van der Waals surface area contributed by atoms with Gasteiger partial charge < -0.3 is 18.9 Å². The molecule has 1 aromatic carbocycles. The lowest BCUT2D eigenvalue weighted by Gasteiger charge is -2.44. The maximum Gasteiger partial charge on any atom is 0.292 e. The van der Waals surface area contributed by atoms with Gasteiger partial charge in [-0.25, -0.2) is 0 Å². The lowest BCUT2D eigenvalue weighted by Crippen LogP contribution is -2.57. The molecule has 3 heterocycles. The van der Waals surface area contributed by atoms with E-state index in [1.165, 1.54) is 0 Å². The molecule has 0 radical (unpaired) electrons. The minimum Gasteiger partial charge on any atom is -0.372 e. The van der Waals surface area contributed by atoms with Crippen LogP contribution in [0.25, 0.3) is 0 Å². The molecular formula is C20H24N2O4. The Balaban J connectivity index is 1.48. The zero-order chi connectivity index (χ0) is 18.0. The summed E-state index contributed by atoms with van der Waals surface area (Å²) in [5.74, 6) is 0.152. The van der Waals surface area contributed by atoms with Crippen molar-refractivity contribution in [3.63, 3.8) is 0 Å². The van der Waals surface area contributed by atoms with Crippen molar-refractivity contribution in [2.24, 2.45) is 0 Å². The second-order valence-electron chi connectivity index (χ2n) is 7.14. The van der Waals surface area contributed by atoms with Crippen LogP contribution < -0.4 is 0 Å². The van der Waals surface area contributed by atoms with E-state index in [0.29, 0.717) is 25.4 Å². The van der Waals surface area contributed by atoms with Crippen molar-refractivity contribution < 1.29 is 18.8 Å². The van der Waals surface area contributed by atoms with E-state index in [9.17, 15) is 4.79 Å². The number of carbonyl (C=O) groups is 1. The maximum absolute atomic E-state index is 12.7. The highest BCUT2D eigenvalue weighted by Gasteiger charge is 2.48. The highest BCUT2D eigenvalue weighted by Crippen LogP contribution is 2.38. The molecule has 2 saturated heterocycles. The zero-order valence-electron chi connectivity index (χ0n) is 15.0. The van der Waals surface area contributed by atoms with Gasteiger partial charge >= 0.3 is 0 Å². The Morgan fingerprint density at radius 1 is 1.35 bits per heavy atom. The molecule has 0 N–H and O–H groups in total. The number of piperidine rings is 1. The summed E-state index contributed by atoms with van der Waals surface area (Å²) in [6, 6.07) is 11.8. The lowest BCUT2D eigenvalue weighted by atomic mass is 9.85. The van der Waals surface area contributed by atoms with Crippen molar-refractivity contribution >= 4 is 5.91 Å². The summed E-state index contributed by atoms with van der Waals surface area (Å²) in [4.78, 5) is 14.5. The molecule has 0 bridgehead atoms. The third kappa shape index (κ3) is 3.39. The van der Waals surface area contributed by atoms with Crippen LogP contribution in [0.5, 0.6) is 0 Å². The third-order valence-corrected chi connectivity index (χ3v) is 5.33. The van der Waals surface area contributed by atoms with Gasteiger partial charge in [0.2, 0.25) is 5.76 Å². The number of aromatic nitrogens is 1. The van der Waals surface area contributed by atoms with Crippen LogP contribution in [0.15, 0.2) is 40.9 Å². The smallest absolute Gasteiger partial charge is 0.292 e. The van der Waals surface area contributed by atoms with Gasteiger partial charge in [-0.2, -0.15) is 0 Å². The molecule has 0 unspecified atom stereocenters. The van der Waals surface area contributed by atoms with Crippen LogP contribution in [-0.2, 0) is 16.1 Å². The van der Waals surface area contributed by atoms with Crippen molar-refractivity contribution in [3.8, 4) is 0 Å². The quantitative estimate of drug-likeness (QED) is 0.843. The van der Waals surface area contributed by atoms with Gasteiger partial charge in [0.05, 0.1) is 24.4 Å². The topological polar surface area (TPSA) is 64.8 Å². The average molecular weight is 356 g/mol. The van der Waals surface area contributed by atoms with Gasteiger partial charge in [0.25, 0.3) is 5.91 Å². The van der Waals surface area contributed by atoms with Crippen LogP contribution in [-0.4, -0.2) is 47.4 Å². The summed E-state index contributed by atoms with van der Waals surface area (Å²) in [7, 11) is 0. The summed E-state index contributed by atoms with van der Waals surface area (Å²) in [5, 5.41) is 3.82. The molecule has 2 aliphatic heterocycles. The predicted molar refractivity (Wildman–Crippen MR) is 94.7 cm³/mol. The number of aryl methyl sites for hydroxylation is 1. The van der Waals surface area contributed by atoms with E-state index >= 15 is 0 Å². The first-order valence-corrected chi connectivity index (χ1v) is 9.18. The van der Waals surface area contributed by atoms with E-state index < -0.39 is 0 Å². The highest BCUT2D eigenvalue weighted by molar-refractivity contribution is 5.91.